The van der Waals surface area contributed by atoms with Crippen molar-refractivity contribution in [3.8, 4) is 0 Å². The standard InChI is InChI=1S/C8H13N3O/c1-7-3-4-9-8(10-7)11(2)5-6-12/h3-4,12H,5-6H2,1-2H3. The average molecular weight is 167 g/mol. The zero-order valence-corrected chi connectivity index (χ0v) is 7.36. The van der Waals surface area contributed by atoms with Crippen LogP contribution in [-0.2, 0) is 0 Å². The first kappa shape index (κ1) is 8.93. The van der Waals surface area contributed by atoms with E-state index in [0.717, 1.165) is 5.69 Å². The summed E-state index contributed by atoms with van der Waals surface area (Å²) < 4.78 is 0. The maximum Gasteiger partial charge on any atom is 0.225 e. The van der Waals surface area contributed by atoms with Crippen molar-refractivity contribution in [3.05, 3.63) is 18.0 Å². The lowest BCUT2D eigenvalue weighted by Gasteiger charge is -2.14. The molecule has 1 aromatic heterocycles. The van der Waals surface area contributed by atoms with Gasteiger partial charge in [0.2, 0.25) is 5.95 Å². The molecule has 12 heavy (non-hydrogen) atoms. The van der Waals surface area contributed by atoms with E-state index in [1.807, 2.05) is 24.9 Å². The number of hydrogen-bond acceptors (Lipinski definition) is 4. The van der Waals surface area contributed by atoms with Crippen molar-refractivity contribution < 1.29 is 5.11 Å². The zero-order valence-electron chi connectivity index (χ0n) is 7.36. The number of rotatable bonds is 3. The van der Waals surface area contributed by atoms with Gasteiger partial charge in [0.25, 0.3) is 0 Å². The third kappa shape index (κ3) is 2.17. The molecule has 4 nitrogen and oxygen atoms in total. The van der Waals surface area contributed by atoms with Gasteiger partial charge in [0.1, 0.15) is 0 Å². The first-order chi connectivity index (χ1) is 5.74. The third-order valence-corrected chi connectivity index (χ3v) is 1.56. The maximum absolute atomic E-state index is 8.67. The van der Waals surface area contributed by atoms with Crippen LogP contribution in [0.3, 0.4) is 0 Å². The van der Waals surface area contributed by atoms with Crippen LogP contribution in [0.15, 0.2) is 12.3 Å². The molecule has 0 aliphatic carbocycles. The monoisotopic (exact) mass is 167 g/mol. The van der Waals surface area contributed by atoms with Crippen LogP contribution in [0.4, 0.5) is 5.95 Å². The molecule has 1 rings (SSSR count). The molecule has 0 fully saturated rings. The lowest BCUT2D eigenvalue weighted by atomic mass is 10.4. The summed E-state index contributed by atoms with van der Waals surface area (Å²) in [5.41, 5.74) is 0.935. The molecule has 0 unspecified atom stereocenters. The first-order valence-electron chi connectivity index (χ1n) is 3.85. The molecular formula is C8H13N3O. The van der Waals surface area contributed by atoms with Crippen LogP contribution in [0.25, 0.3) is 0 Å². The Morgan fingerprint density at radius 2 is 2.33 bits per heavy atom. The molecule has 4 heteroatoms. The molecule has 0 spiro atoms. The highest BCUT2D eigenvalue weighted by atomic mass is 16.3. The maximum atomic E-state index is 8.67. The van der Waals surface area contributed by atoms with Gasteiger partial charge < -0.3 is 10.0 Å². The van der Waals surface area contributed by atoms with Gasteiger partial charge in [0, 0.05) is 25.5 Å². The summed E-state index contributed by atoms with van der Waals surface area (Å²) in [6, 6.07) is 1.84. The predicted octanol–water partition coefficient (Wildman–Crippen LogP) is 0.214. The molecule has 0 aliphatic rings. The van der Waals surface area contributed by atoms with E-state index in [-0.39, 0.29) is 6.61 Å². The number of hydrogen-bond donors (Lipinski definition) is 1. The van der Waals surface area contributed by atoms with Gasteiger partial charge in [0.15, 0.2) is 0 Å². The molecule has 0 saturated heterocycles. The minimum absolute atomic E-state index is 0.119. The minimum atomic E-state index is 0.119. The second-order valence-corrected chi connectivity index (χ2v) is 2.64. The van der Waals surface area contributed by atoms with E-state index in [0.29, 0.717) is 12.5 Å². The summed E-state index contributed by atoms with van der Waals surface area (Å²) in [6.07, 6.45) is 1.71. The highest BCUT2D eigenvalue weighted by Crippen LogP contribution is 2.03. The highest BCUT2D eigenvalue weighted by Gasteiger charge is 2.01. The summed E-state index contributed by atoms with van der Waals surface area (Å²) in [5.74, 6) is 0.657. The number of aryl methyl sites for hydroxylation is 1. The molecule has 0 saturated carbocycles. The lowest BCUT2D eigenvalue weighted by Crippen LogP contribution is -2.23. The molecule has 66 valence electrons. The minimum Gasteiger partial charge on any atom is -0.395 e. The summed E-state index contributed by atoms with van der Waals surface area (Å²) in [4.78, 5) is 10.1. The van der Waals surface area contributed by atoms with Crippen LogP contribution in [0, 0.1) is 6.92 Å². The van der Waals surface area contributed by atoms with Gasteiger partial charge in [-0.05, 0) is 13.0 Å². The van der Waals surface area contributed by atoms with Crippen molar-refractivity contribution in [2.45, 2.75) is 6.92 Å². The number of likely N-dealkylation sites (N-methyl/N-ethyl adjacent to an activating group) is 1. The largest absolute Gasteiger partial charge is 0.395 e. The number of aliphatic hydroxyl groups excluding tert-OH is 1. The quantitative estimate of drug-likeness (QED) is 0.699. The fraction of sp³-hybridized carbons (Fsp3) is 0.500. The van der Waals surface area contributed by atoms with Gasteiger partial charge in [-0.2, -0.15) is 0 Å². The highest BCUT2D eigenvalue weighted by molar-refractivity contribution is 5.28. The van der Waals surface area contributed by atoms with Crippen LogP contribution in [0.1, 0.15) is 5.69 Å². The molecular weight excluding hydrogens is 154 g/mol. The number of anilines is 1. The summed E-state index contributed by atoms with van der Waals surface area (Å²) in [7, 11) is 1.85. The topological polar surface area (TPSA) is 49.2 Å². The molecule has 0 atom stereocenters. The zero-order chi connectivity index (χ0) is 8.97. The van der Waals surface area contributed by atoms with Crippen molar-refractivity contribution in [2.75, 3.05) is 25.1 Å². The van der Waals surface area contributed by atoms with E-state index in [1.165, 1.54) is 0 Å². The Morgan fingerprint density at radius 3 is 2.92 bits per heavy atom. The van der Waals surface area contributed by atoms with Gasteiger partial charge in [-0.15, -0.1) is 0 Å². The second-order valence-electron chi connectivity index (χ2n) is 2.64. The van der Waals surface area contributed by atoms with E-state index < -0.39 is 0 Å². The fourth-order valence-electron chi connectivity index (χ4n) is 0.870. The Hall–Kier alpha value is -1.16. The van der Waals surface area contributed by atoms with Gasteiger partial charge in [0.05, 0.1) is 6.61 Å². The molecule has 0 aromatic carbocycles. The van der Waals surface area contributed by atoms with Gasteiger partial charge >= 0.3 is 0 Å². The van der Waals surface area contributed by atoms with E-state index in [9.17, 15) is 0 Å². The Balaban J connectivity index is 2.73. The van der Waals surface area contributed by atoms with E-state index in [2.05, 4.69) is 9.97 Å². The molecule has 1 aromatic rings. The van der Waals surface area contributed by atoms with Crippen molar-refractivity contribution in [2.24, 2.45) is 0 Å². The van der Waals surface area contributed by atoms with E-state index in [1.54, 1.807) is 6.20 Å². The van der Waals surface area contributed by atoms with Gasteiger partial charge in [-0.3, -0.25) is 0 Å². The van der Waals surface area contributed by atoms with Crippen LogP contribution in [0.5, 0.6) is 0 Å². The van der Waals surface area contributed by atoms with E-state index >= 15 is 0 Å². The first-order valence-corrected chi connectivity index (χ1v) is 3.85. The Morgan fingerprint density at radius 1 is 1.58 bits per heavy atom. The molecule has 0 amide bonds. The van der Waals surface area contributed by atoms with Crippen molar-refractivity contribution >= 4 is 5.95 Å². The van der Waals surface area contributed by atoms with Crippen LogP contribution in [-0.4, -0.2) is 35.3 Å². The second kappa shape index (κ2) is 4.01. The molecule has 1 heterocycles. The third-order valence-electron chi connectivity index (χ3n) is 1.56. The van der Waals surface area contributed by atoms with Crippen molar-refractivity contribution in [1.29, 1.82) is 0 Å². The number of aromatic nitrogens is 2. The van der Waals surface area contributed by atoms with Crippen LogP contribution < -0.4 is 4.90 Å². The molecule has 0 bridgehead atoms. The number of nitrogens with zero attached hydrogens (tertiary/aromatic N) is 3. The SMILES string of the molecule is Cc1ccnc(N(C)CCO)n1. The van der Waals surface area contributed by atoms with E-state index in [4.69, 9.17) is 5.11 Å². The Labute approximate surface area is 71.9 Å². The molecule has 0 aliphatic heterocycles. The molecule has 0 radical (unpaired) electrons. The predicted molar refractivity (Wildman–Crippen MR) is 47.1 cm³/mol. The Bertz CT molecular complexity index is 252. The van der Waals surface area contributed by atoms with Crippen molar-refractivity contribution in [3.63, 3.8) is 0 Å². The normalized spacial score (nSPS) is 9.92. The average Bonchev–Trinajstić information content (AvgIpc) is 2.05. The van der Waals surface area contributed by atoms with Gasteiger partial charge in [-0.25, -0.2) is 9.97 Å². The molecule has 1 N–H and O–H groups in total. The number of aliphatic hydroxyl groups is 1. The van der Waals surface area contributed by atoms with Gasteiger partial charge in [-0.1, -0.05) is 0 Å². The summed E-state index contributed by atoms with van der Waals surface area (Å²) in [6.45, 7) is 2.59. The smallest absolute Gasteiger partial charge is 0.225 e. The lowest BCUT2D eigenvalue weighted by molar-refractivity contribution is 0.303. The van der Waals surface area contributed by atoms with Crippen LogP contribution in [0.2, 0.25) is 0 Å². The van der Waals surface area contributed by atoms with Crippen molar-refractivity contribution in [1.82, 2.24) is 9.97 Å². The fourth-order valence-corrected chi connectivity index (χ4v) is 0.870. The Kier molecular flexibility index (Phi) is 2.99. The summed E-state index contributed by atoms with van der Waals surface area (Å²) >= 11 is 0. The summed E-state index contributed by atoms with van der Waals surface area (Å²) in [5, 5.41) is 8.67. The van der Waals surface area contributed by atoms with Crippen LogP contribution >= 0.6 is 0 Å².